The first-order valence-electron chi connectivity index (χ1n) is 1.49. The van der Waals surface area contributed by atoms with Crippen LogP contribution < -0.4 is 5.54 Å². The molecule has 0 radical (unpaired) electrons. The molecule has 0 rings (SSSR count). The SMILES string of the molecule is C=CSC(=S)NF. The average Bonchev–Trinajstić information content (AvgIpc) is 1.68. The molecule has 0 saturated heterocycles. The summed E-state index contributed by atoms with van der Waals surface area (Å²) in [5.41, 5.74) is 1.29. The fraction of sp³-hybridized carbons (Fsp3) is 0. The van der Waals surface area contributed by atoms with Crippen molar-refractivity contribution in [2.24, 2.45) is 0 Å². The van der Waals surface area contributed by atoms with E-state index in [0.717, 1.165) is 11.8 Å². The van der Waals surface area contributed by atoms with Crippen molar-refractivity contribution in [1.82, 2.24) is 5.54 Å². The molecule has 0 heterocycles. The molecule has 0 fully saturated rings. The van der Waals surface area contributed by atoms with Crippen molar-refractivity contribution in [3.63, 3.8) is 0 Å². The monoisotopic (exact) mass is 137 g/mol. The third-order valence-corrected chi connectivity index (χ3v) is 1.09. The van der Waals surface area contributed by atoms with E-state index in [0.29, 0.717) is 0 Å². The third-order valence-electron chi connectivity index (χ3n) is 0.268. The van der Waals surface area contributed by atoms with Crippen LogP contribution in [0.4, 0.5) is 4.48 Å². The number of thioether (sulfide) groups is 1. The van der Waals surface area contributed by atoms with Crippen molar-refractivity contribution >= 4 is 28.3 Å². The van der Waals surface area contributed by atoms with Gasteiger partial charge in [-0.05, 0) is 5.41 Å². The fourth-order valence-electron chi connectivity index (χ4n) is 0.0980. The minimum Gasteiger partial charge on any atom is -0.207 e. The van der Waals surface area contributed by atoms with Gasteiger partial charge in [-0.15, -0.1) is 4.48 Å². The van der Waals surface area contributed by atoms with E-state index in [1.807, 2.05) is 0 Å². The first kappa shape index (κ1) is 6.91. The Bertz CT molecular complexity index is 83.0. The molecule has 7 heavy (non-hydrogen) atoms. The number of hydrogen-bond acceptors (Lipinski definition) is 2. The number of rotatable bonds is 1. The molecule has 0 aliphatic rings. The zero-order valence-corrected chi connectivity index (χ0v) is 5.11. The molecule has 40 valence electrons. The van der Waals surface area contributed by atoms with E-state index in [4.69, 9.17) is 0 Å². The van der Waals surface area contributed by atoms with Gasteiger partial charge < -0.3 is 0 Å². The van der Waals surface area contributed by atoms with Gasteiger partial charge in [0.2, 0.25) is 0 Å². The van der Waals surface area contributed by atoms with Gasteiger partial charge in [0.05, 0.1) is 0 Å². The Hall–Kier alpha value is -0.0900. The predicted molar refractivity (Wildman–Crippen MR) is 34.6 cm³/mol. The first-order valence-corrected chi connectivity index (χ1v) is 2.78. The maximum absolute atomic E-state index is 11.1. The van der Waals surface area contributed by atoms with E-state index < -0.39 is 0 Å². The minimum atomic E-state index is 0.0926. The second kappa shape index (κ2) is 4.08. The summed E-state index contributed by atoms with van der Waals surface area (Å²) in [5.74, 6) is 0. The second-order valence-electron chi connectivity index (χ2n) is 0.666. The van der Waals surface area contributed by atoms with Gasteiger partial charge in [0.1, 0.15) is 0 Å². The maximum atomic E-state index is 11.1. The van der Waals surface area contributed by atoms with E-state index in [1.54, 1.807) is 0 Å². The van der Waals surface area contributed by atoms with Crippen LogP contribution in [-0.4, -0.2) is 4.32 Å². The lowest BCUT2D eigenvalue weighted by atomic mass is 11.3. The molecule has 0 atom stereocenters. The van der Waals surface area contributed by atoms with Crippen molar-refractivity contribution in [3.05, 3.63) is 12.0 Å². The molecule has 1 N–H and O–H groups in total. The first-order chi connectivity index (χ1) is 3.31. The van der Waals surface area contributed by atoms with Crippen LogP contribution in [0.2, 0.25) is 0 Å². The van der Waals surface area contributed by atoms with E-state index in [2.05, 4.69) is 18.8 Å². The molecule has 0 saturated carbocycles. The van der Waals surface area contributed by atoms with Gasteiger partial charge in [0.25, 0.3) is 0 Å². The average molecular weight is 137 g/mol. The highest BCUT2D eigenvalue weighted by atomic mass is 32.2. The Morgan fingerprint density at radius 1 is 2.00 bits per heavy atom. The smallest absolute Gasteiger partial charge is 0.166 e. The van der Waals surface area contributed by atoms with Crippen LogP contribution in [0.1, 0.15) is 0 Å². The highest BCUT2D eigenvalue weighted by Crippen LogP contribution is 2.00. The largest absolute Gasteiger partial charge is 0.207 e. The van der Waals surface area contributed by atoms with Gasteiger partial charge in [-0.2, -0.15) is 0 Å². The van der Waals surface area contributed by atoms with Crippen molar-refractivity contribution in [3.8, 4) is 0 Å². The van der Waals surface area contributed by atoms with Crippen LogP contribution >= 0.6 is 24.0 Å². The zero-order chi connectivity index (χ0) is 5.70. The molecule has 0 aliphatic heterocycles. The fourth-order valence-corrected chi connectivity index (χ4v) is 0.498. The van der Waals surface area contributed by atoms with Gasteiger partial charge in [0, 0.05) is 0 Å². The Labute approximate surface area is 50.9 Å². The van der Waals surface area contributed by atoms with Crippen LogP contribution in [0.3, 0.4) is 0 Å². The Morgan fingerprint density at radius 2 is 2.57 bits per heavy atom. The van der Waals surface area contributed by atoms with E-state index in [-0.39, 0.29) is 4.32 Å². The maximum Gasteiger partial charge on any atom is 0.166 e. The standard InChI is InChI=1S/C3H4FNS2/c1-2-7-3(6)5-4/h2H,1H2,(H,5,6). The molecule has 0 aliphatic carbocycles. The second-order valence-corrected chi connectivity index (χ2v) is 2.31. The van der Waals surface area contributed by atoms with Crippen LogP contribution in [0.5, 0.6) is 0 Å². The highest BCUT2D eigenvalue weighted by molar-refractivity contribution is 8.24. The molecule has 0 aromatic rings. The van der Waals surface area contributed by atoms with Gasteiger partial charge in [-0.3, -0.25) is 0 Å². The molecule has 0 spiro atoms. The quantitative estimate of drug-likeness (QED) is 0.435. The lowest BCUT2D eigenvalue weighted by Gasteiger charge is -1.87. The van der Waals surface area contributed by atoms with Crippen molar-refractivity contribution in [1.29, 1.82) is 0 Å². The summed E-state index contributed by atoms with van der Waals surface area (Å²) in [6, 6.07) is 0. The van der Waals surface area contributed by atoms with E-state index in [1.165, 1.54) is 10.9 Å². The molecule has 4 heteroatoms. The number of nitrogens with one attached hydrogen (secondary N) is 1. The number of halogens is 1. The number of hydrogen-bond donors (Lipinski definition) is 1. The van der Waals surface area contributed by atoms with Gasteiger partial charge in [0.15, 0.2) is 4.32 Å². The molecule has 0 aromatic carbocycles. The lowest BCUT2D eigenvalue weighted by molar-refractivity contribution is 0.442. The summed E-state index contributed by atoms with van der Waals surface area (Å²) < 4.78 is 11.2. The molecule has 0 bridgehead atoms. The van der Waals surface area contributed by atoms with Gasteiger partial charge >= 0.3 is 0 Å². The summed E-state index contributed by atoms with van der Waals surface area (Å²) in [7, 11) is 0. The molecular weight excluding hydrogens is 133 g/mol. The van der Waals surface area contributed by atoms with Crippen LogP contribution in [0, 0.1) is 0 Å². The normalized spacial score (nSPS) is 7.57. The Morgan fingerprint density at radius 3 is 2.71 bits per heavy atom. The summed E-state index contributed by atoms with van der Waals surface area (Å²) >= 11 is 5.40. The van der Waals surface area contributed by atoms with E-state index in [9.17, 15) is 4.48 Å². The highest BCUT2D eigenvalue weighted by Gasteiger charge is 1.85. The Kier molecular flexibility index (Phi) is 4.03. The van der Waals surface area contributed by atoms with Crippen LogP contribution in [-0.2, 0) is 0 Å². The molecule has 0 unspecified atom stereocenters. The molecule has 0 amide bonds. The molecule has 1 nitrogen and oxygen atoms in total. The topological polar surface area (TPSA) is 12.0 Å². The van der Waals surface area contributed by atoms with E-state index >= 15 is 0 Å². The van der Waals surface area contributed by atoms with Gasteiger partial charge in [-0.1, -0.05) is 30.6 Å². The van der Waals surface area contributed by atoms with Crippen molar-refractivity contribution in [2.75, 3.05) is 0 Å². The molecule has 0 aromatic heterocycles. The van der Waals surface area contributed by atoms with Crippen molar-refractivity contribution < 1.29 is 4.48 Å². The van der Waals surface area contributed by atoms with Crippen LogP contribution in [0.15, 0.2) is 12.0 Å². The minimum absolute atomic E-state index is 0.0926. The van der Waals surface area contributed by atoms with Crippen LogP contribution in [0.25, 0.3) is 0 Å². The molecular formula is C3H4FNS2. The Balaban J connectivity index is 3.17. The predicted octanol–water partition coefficient (Wildman–Crippen LogP) is 1.62. The van der Waals surface area contributed by atoms with Gasteiger partial charge in [-0.25, -0.2) is 5.54 Å². The lowest BCUT2D eigenvalue weighted by Crippen LogP contribution is -2.03. The summed E-state index contributed by atoms with van der Waals surface area (Å²) in [6.07, 6.45) is 0. The number of thiocarbonyl (C=S) groups is 1. The summed E-state index contributed by atoms with van der Waals surface area (Å²) in [4.78, 5) is 0. The summed E-state index contributed by atoms with van der Waals surface area (Å²) in [5, 5.41) is 1.45. The third kappa shape index (κ3) is 3.75. The zero-order valence-electron chi connectivity index (χ0n) is 3.48. The summed E-state index contributed by atoms with van der Waals surface area (Å²) in [6.45, 7) is 3.32. The van der Waals surface area contributed by atoms with Crippen molar-refractivity contribution in [2.45, 2.75) is 0 Å².